The fraction of sp³-hybridized carbons (Fsp3) is 0.154. The van der Waals surface area contributed by atoms with Crippen molar-refractivity contribution in [3.63, 3.8) is 0 Å². The number of rotatable bonds is 3. The molecule has 0 radical (unpaired) electrons. The molecule has 0 saturated carbocycles. The molecule has 23 heavy (non-hydrogen) atoms. The van der Waals surface area contributed by atoms with E-state index in [4.69, 9.17) is 10.5 Å². The van der Waals surface area contributed by atoms with Crippen molar-refractivity contribution in [2.24, 2.45) is 0 Å². The fourth-order valence-electron chi connectivity index (χ4n) is 2.23. The second-order valence-corrected chi connectivity index (χ2v) is 4.75. The molecule has 0 aliphatic carbocycles. The summed E-state index contributed by atoms with van der Waals surface area (Å²) in [6.45, 7) is -0.0476. The first-order valence-corrected chi connectivity index (χ1v) is 6.50. The highest BCUT2D eigenvalue weighted by atomic mass is 19.3. The molecule has 2 aromatic heterocycles. The van der Waals surface area contributed by atoms with Crippen LogP contribution in [-0.2, 0) is 6.61 Å². The lowest BCUT2D eigenvalue weighted by Gasteiger charge is -2.09. The highest BCUT2D eigenvalue weighted by molar-refractivity contribution is 5.78. The van der Waals surface area contributed by atoms with E-state index < -0.39 is 6.29 Å². The van der Waals surface area contributed by atoms with Gasteiger partial charge in [-0.25, -0.2) is 10.1 Å². The number of nitrogens with one attached hydrogen (secondary N) is 1. The Kier molecular flexibility index (Phi) is 2.73. The average molecular weight is 321 g/mol. The van der Waals surface area contributed by atoms with Crippen LogP contribution in [0.3, 0.4) is 0 Å². The van der Waals surface area contributed by atoms with Crippen LogP contribution in [0.1, 0.15) is 5.56 Å². The van der Waals surface area contributed by atoms with E-state index in [2.05, 4.69) is 29.9 Å². The topological polar surface area (TPSA) is 108 Å². The number of pyridine rings is 1. The smallest absolute Gasteiger partial charge is 0.486 e. The molecule has 10 heteroatoms. The summed E-state index contributed by atoms with van der Waals surface area (Å²) in [6.07, 6.45) is -3.68. The van der Waals surface area contributed by atoms with Gasteiger partial charge in [0.05, 0.1) is 0 Å². The Morgan fingerprint density at radius 1 is 1.30 bits per heavy atom. The Labute approximate surface area is 127 Å². The number of halogens is 2. The van der Waals surface area contributed by atoms with E-state index in [9.17, 15) is 8.78 Å². The molecule has 0 saturated heterocycles. The molecule has 3 heterocycles. The van der Waals surface area contributed by atoms with Crippen molar-refractivity contribution in [1.82, 2.24) is 20.4 Å². The largest absolute Gasteiger partial charge is 0.586 e. The second kappa shape index (κ2) is 4.66. The van der Waals surface area contributed by atoms with Crippen molar-refractivity contribution in [3.8, 4) is 17.2 Å². The lowest BCUT2D eigenvalue weighted by Crippen LogP contribution is -2.26. The van der Waals surface area contributed by atoms with E-state index in [1.165, 1.54) is 12.1 Å². The molecule has 3 N–H and O–H groups in total. The second-order valence-electron chi connectivity index (χ2n) is 4.75. The number of hydrogen-bond acceptors (Lipinski definition) is 7. The molecule has 1 aliphatic heterocycles. The SMILES string of the molecule is Nc1cc(OCc2cccc3c2OC(F)(F)O3)c2nn[nH]c2n1. The summed E-state index contributed by atoms with van der Waals surface area (Å²) in [4.78, 5) is 4.00. The van der Waals surface area contributed by atoms with Crippen LogP contribution in [0.4, 0.5) is 14.6 Å². The van der Waals surface area contributed by atoms with Gasteiger partial charge >= 0.3 is 6.29 Å². The van der Waals surface area contributed by atoms with E-state index in [0.29, 0.717) is 22.5 Å². The van der Waals surface area contributed by atoms with Gasteiger partial charge in [-0.3, -0.25) is 0 Å². The highest BCUT2D eigenvalue weighted by Crippen LogP contribution is 2.43. The van der Waals surface area contributed by atoms with Crippen molar-refractivity contribution in [2.75, 3.05) is 5.73 Å². The number of aromatic nitrogens is 4. The maximum atomic E-state index is 13.2. The van der Waals surface area contributed by atoms with Crippen LogP contribution in [-0.4, -0.2) is 26.7 Å². The molecule has 0 amide bonds. The van der Waals surface area contributed by atoms with Gasteiger partial charge in [-0.15, -0.1) is 13.9 Å². The van der Waals surface area contributed by atoms with E-state index in [1.807, 2.05) is 0 Å². The third-order valence-corrected chi connectivity index (χ3v) is 3.18. The number of nitrogens with two attached hydrogens (primary N) is 1. The Morgan fingerprint density at radius 3 is 3.04 bits per heavy atom. The molecule has 1 aliphatic rings. The molecule has 118 valence electrons. The van der Waals surface area contributed by atoms with Gasteiger partial charge in [-0.1, -0.05) is 17.3 Å². The number of H-pyrrole nitrogens is 1. The monoisotopic (exact) mass is 321 g/mol. The van der Waals surface area contributed by atoms with Crippen LogP contribution in [0.2, 0.25) is 0 Å². The quantitative estimate of drug-likeness (QED) is 0.757. The summed E-state index contributed by atoms with van der Waals surface area (Å²) in [5, 5.41) is 10.0. The van der Waals surface area contributed by atoms with Gasteiger partial charge in [0.2, 0.25) is 0 Å². The van der Waals surface area contributed by atoms with Gasteiger partial charge in [-0.2, -0.15) is 0 Å². The summed E-state index contributed by atoms with van der Waals surface area (Å²) in [5.41, 5.74) is 6.81. The van der Waals surface area contributed by atoms with Gasteiger partial charge in [0.25, 0.3) is 0 Å². The lowest BCUT2D eigenvalue weighted by molar-refractivity contribution is -0.287. The standard InChI is InChI=1S/C13H9F2N5O3/c14-13(15)22-7-3-1-2-6(11(7)23-13)5-21-8-4-9(16)17-12-10(8)18-20-19-12/h1-4H,5H2,(H3,16,17,18,19,20). The van der Waals surface area contributed by atoms with Crippen molar-refractivity contribution >= 4 is 17.0 Å². The molecule has 0 spiro atoms. The normalized spacial score (nSPS) is 15.0. The van der Waals surface area contributed by atoms with Gasteiger partial charge in [0, 0.05) is 11.6 Å². The molecule has 1 aromatic carbocycles. The zero-order valence-electron chi connectivity index (χ0n) is 11.4. The number of nitrogen functional groups attached to an aromatic ring is 1. The van der Waals surface area contributed by atoms with Gasteiger partial charge in [0.1, 0.15) is 12.4 Å². The molecule has 0 atom stereocenters. The van der Waals surface area contributed by atoms with E-state index in [1.54, 1.807) is 12.1 Å². The van der Waals surface area contributed by atoms with Gasteiger partial charge in [-0.05, 0) is 6.07 Å². The maximum Gasteiger partial charge on any atom is 0.586 e. The lowest BCUT2D eigenvalue weighted by atomic mass is 10.2. The van der Waals surface area contributed by atoms with Crippen molar-refractivity contribution in [1.29, 1.82) is 0 Å². The third-order valence-electron chi connectivity index (χ3n) is 3.18. The number of anilines is 1. The fourth-order valence-corrected chi connectivity index (χ4v) is 2.23. The van der Waals surface area contributed by atoms with Crippen molar-refractivity contribution in [3.05, 3.63) is 29.8 Å². The molecule has 0 bridgehead atoms. The summed E-state index contributed by atoms with van der Waals surface area (Å²) < 4.78 is 40.8. The molecule has 3 aromatic rings. The van der Waals surface area contributed by atoms with E-state index >= 15 is 0 Å². The summed E-state index contributed by atoms with van der Waals surface area (Å²) in [6, 6.07) is 6.02. The predicted octanol–water partition coefficient (Wildman–Crippen LogP) is 1.84. The van der Waals surface area contributed by atoms with Crippen molar-refractivity contribution < 1.29 is 23.0 Å². The first-order valence-electron chi connectivity index (χ1n) is 6.50. The Hall–Kier alpha value is -3.17. The molecule has 8 nitrogen and oxygen atoms in total. The van der Waals surface area contributed by atoms with Gasteiger partial charge < -0.3 is 19.9 Å². The molecule has 0 unspecified atom stereocenters. The highest BCUT2D eigenvalue weighted by Gasteiger charge is 2.44. The van der Waals surface area contributed by atoms with Crippen LogP contribution in [0.25, 0.3) is 11.2 Å². The Bertz CT molecular complexity index is 898. The number of hydrogen-bond donors (Lipinski definition) is 2. The van der Waals surface area contributed by atoms with Crippen LogP contribution < -0.4 is 19.9 Å². The van der Waals surface area contributed by atoms with E-state index in [0.717, 1.165) is 0 Å². The summed E-state index contributed by atoms with van der Waals surface area (Å²) in [7, 11) is 0. The number of ether oxygens (including phenoxy) is 3. The molecular weight excluding hydrogens is 312 g/mol. The minimum absolute atomic E-state index is 0.0445. The zero-order chi connectivity index (χ0) is 16.0. The van der Waals surface area contributed by atoms with Crippen LogP contribution in [0.15, 0.2) is 24.3 Å². The summed E-state index contributed by atoms with van der Waals surface area (Å²) in [5.74, 6) is 0.431. The van der Waals surface area contributed by atoms with E-state index in [-0.39, 0.29) is 23.9 Å². The maximum absolute atomic E-state index is 13.2. The molecule has 0 fully saturated rings. The number of aromatic amines is 1. The van der Waals surface area contributed by atoms with Crippen LogP contribution in [0, 0.1) is 0 Å². The van der Waals surface area contributed by atoms with Crippen LogP contribution >= 0.6 is 0 Å². The number of alkyl halides is 2. The molecule has 4 rings (SSSR count). The molecular formula is C13H9F2N5O3. The number of nitrogens with zero attached hydrogens (tertiary/aromatic N) is 3. The first-order chi connectivity index (χ1) is 11.0. The summed E-state index contributed by atoms with van der Waals surface area (Å²) >= 11 is 0. The zero-order valence-corrected chi connectivity index (χ0v) is 11.4. The first kappa shape index (κ1) is 13.5. The minimum atomic E-state index is -3.68. The predicted molar refractivity (Wildman–Crippen MR) is 73.1 cm³/mol. The Morgan fingerprint density at radius 2 is 2.17 bits per heavy atom. The van der Waals surface area contributed by atoms with Gasteiger partial charge in [0.15, 0.2) is 28.4 Å². The average Bonchev–Trinajstić information content (AvgIpc) is 3.06. The van der Waals surface area contributed by atoms with Crippen LogP contribution in [0.5, 0.6) is 17.2 Å². The Balaban J connectivity index is 1.63. The minimum Gasteiger partial charge on any atom is -0.486 e. The third kappa shape index (κ3) is 2.33. The number of fused-ring (bicyclic) bond motifs is 2. The van der Waals surface area contributed by atoms with Crippen molar-refractivity contribution in [2.45, 2.75) is 12.9 Å². The number of benzene rings is 1. The number of para-hydroxylation sites is 1.